The molecule has 1 aromatic heterocycles. The van der Waals surface area contributed by atoms with E-state index in [0.29, 0.717) is 4.53 Å². The summed E-state index contributed by atoms with van der Waals surface area (Å²) >= 11 is 8.58. The van der Waals surface area contributed by atoms with Gasteiger partial charge in [0.2, 0.25) is 0 Å². The average molecular weight is 632 g/mol. The van der Waals surface area contributed by atoms with Crippen molar-refractivity contribution in [2.24, 2.45) is 4.99 Å². The van der Waals surface area contributed by atoms with Crippen LogP contribution in [0.3, 0.4) is 0 Å². The normalized spacial score (nSPS) is 18.5. The van der Waals surface area contributed by atoms with Crippen LogP contribution in [-0.4, -0.2) is 4.57 Å². The minimum atomic E-state index is -0.159. The molecule has 37 heavy (non-hydrogen) atoms. The predicted molar refractivity (Wildman–Crippen MR) is 159 cm³/mol. The van der Waals surface area contributed by atoms with E-state index in [1.165, 1.54) is 28.0 Å². The molecule has 4 aromatic rings. The van der Waals surface area contributed by atoms with Gasteiger partial charge in [-0.25, -0.2) is 4.99 Å². The third-order valence-electron chi connectivity index (χ3n) is 6.90. The SMILES string of the molecule is Cc1ccc(/C=c2/sc3n(c2=O)[C@@H](c2ccc(Br)cc2)C2=C(N=3)/C(=C/c3ccc(Br)cc3)CCC2)cc1. The maximum atomic E-state index is 13.8. The van der Waals surface area contributed by atoms with Gasteiger partial charge in [-0.1, -0.05) is 97.3 Å². The molecule has 0 unspecified atom stereocenters. The van der Waals surface area contributed by atoms with Crippen molar-refractivity contribution in [1.82, 2.24) is 4.57 Å². The van der Waals surface area contributed by atoms with Gasteiger partial charge in [-0.2, -0.15) is 0 Å². The Balaban J connectivity index is 1.57. The fraction of sp³-hybridized carbons (Fsp3) is 0.161. The second-order valence-electron chi connectivity index (χ2n) is 9.49. The quantitative estimate of drug-likeness (QED) is 0.233. The topological polar surface area (TPSA) is 34.4 Å². The predicted octanol–water partition coefficient (Wildman–Crippen LogP) is 7.32. The van der Waals surface area contributed by atoms with E-state index in [-0.39, 0.29) is 11.6 Å². The van der Waals surface area contributed by atoms with Crippen molar-refractivity contribution in [3.63, 3.8) is 0 Å². The van der Waals surface area contributed by atoms with Gasteiger partial charge in [-0.15, -0.1) is 0 Å². The van der Waals surface area contributed by atoms with Crippen molar-refractivity contribution in [2.45, 2.75) is 32.2 Å². The molecule has 3 nitrogen and oxygen atoms in total. The first-order chi connectivity index (χ1) is 18.0. The summed E-state index contributed by atoms with van der Waals surface area (Å²) in [5, 5.41) is 0. The van der Waals surface area contributed by atoms with E-state index in [0.717, 1.165) is 55.4 Å². The van der Waals surface area contributed by atoms with Crippen LogP contribution in [0.5, 0.6) is 0 Å². The van der Waals surface area contributed by atoms with Gasteiger partial charge >= 0.3 is 0 Å². The molecular weight excluding hydrogens is 608 g/mol. The molecule has 6 heteroatoms. The number of rotatable bonds is 3. The number of allylic oxidation sites excluding steroid dienone is 2. The number of fused-ring (bicyclic) bond motifs is 1. The van der Waals surface area contributed by atoms with Crippen molar-refractivity contribution >= 4 is 55.3 Å². The lowest BCUT2D eigenvalue weighted by Gasteiger charge is -2.31. The van der Waals surface area contributed by atoms with Crippen LogP contribution in [0.25, 0.3) is 12.2 Å². The summed E-state index contributed by atoms with van der Waals surface area (Å²) in [6, 6.07) is 24.8. The summed E-state index contributed by atoms with van der Waals surface area (Å²) in [5.74, 6) is 0. The summed E-state index contributed by atoms with van der Waals surface area (Å²) in [5.41, 5.74) is 8.02. The van der Waals surface area contributed by atoms with Crippen LogP contribution in [-0.2, 0) is 0 Å². The van der Waals surface area contributed by atoms with E-state index >= 15 is 0 Å². The number of hydrogen-bond donors (Lipinski definition) is 0. The lowest BCUT2D eigenvalue weighted by atomic mass is 9.84. The Morgan fingerprint density at radius 2 is 1.49 bits per heavy atom. The smallest absolute Gasteiger partial charge is 0.271 e. The van der Waals surface area contributed by atoms with Crippen LogP contribution in [0.2, 0.25) is 0 Å². The van der Waals surface area contributed by atoms with E-state index in [1.807, 2.05) is 10.6 Å². The first kappa shape index (κ1) is 24.5. The Labute approximate surface area is 236 Å². The van der Waals surface area contributed by atoms with E-state index in [4.69, 9.17) is 4.99 Å². The monoisotopic (exact) mass is 630 g/mol. The molecule has 0 bridgehead atoms. The van der Waals surface area contributed by atoms with Crippen molar-refractivity contribution in [3.8, 4) is 0 Å². The number of nitrogens with zero attached hydrogens (tertiary/aromatic N) is 2. The third-order valence-corrected chi connectivity index (χ3v) is 8.95. The van der Waals surface area contributed by atoms with Crippen molar-refractivity contribution in [2.75, 3.05) is 0 Å². The zero-order valence-electron chi connectivity index (χ0n) is 20.2. The highest BCUT2D eigenvalue weighted by atomic mass is 79.9. The van der Waals surface area contributed by atoms with Gasteiger partial charge in [0.25, 0.3) is 5.56 Å². The summed E-state index contributed by atoms with van der Waals surface area (Å²) in [4.78, 5) is 19.8. The van der Waals surface area contributed by atoms with Crippen molar-refractivity contribution in [3.05, 3.63) is 141 Å². The van der Waals surface area contributed by atoms with Crippen LogP contribution >= 0.6 is 43.2 Å². The highest BCUT2D eigenvalue weighted by molar-refractivity contribution is 9.10. The van der Waals surface area contributed by atoms with Crippen LogP contribution in [0.1, 0.15) is 47.6 Å². The number of hydrogen-bond acceptors (Lipinski definition) is 3. The van der Waals surface area contributed by atoms with Crippen molar-refractivity contribution < 1.29 is 0 Å². The lowest BCUT2D eigenvalue weighted by molar-refractivity contribution is 0.553. The summed E-state index contributed by atoms with van der Waals surface area (Å²) < 4.78 is 4.71. The molecule has 2 aliphatic rings. The van der Waals surface area contributed by atoms with Gasteiger partial charge in [0, 0.05) is 8.95 Å². The van der Waals surface area contributed by atoms with Gasteiger partial charge in [-0.3, -0.25) is 9.36 Å². The van der Waals surface area contributed by atoms with Gasteiger partial charge in [0.1, 0.15) is 0 Å². The fourth-order valence-electron chi connectivity index (χ4n) is 5.08. The summed E-state index contributed by atoms with van der Waals surface area (Å²) in [7, 11) is 0. The minimum Gasteiger partial charge on any atom is -0.272 e. The fourth-order valence-corrected chi connectivity index (χ4v) is 6.61. The average Bonchev–Trinajstić information content (AvgIpc) is 3.21. The van der Waals surface area contributed by atoms with E-state index in [1.54, 1.807) is 0 Å². The minimum absolute atomic E-state index is 0.0211. The van der Waals surface area contributed by atoms with E-state index < -0.39 is 0 Å². The molecule has 0 amide bonds. The van der Waals surface area contributed by atoms with Gasteiger partial charge in [0.05, 0.1) is 16.3 Å². The molecule has 184 valence electrons. The highest BCUT2D eigenvalue weighted by Gasteiger charge is 2.32. The second kappa shape index (κ2) is 10.2. The molecule has 0 spiro atoms. The number of aryl methyl sites for hydroxylation is 1. The number of aromatic nitrogens is 1. The number of thiazole rings is 1. The number of halogens is 2. The first-order valence-electron chi connectivity index (χ1n) is 12.3. The molecule has 0 saturated carbocycles. The Hall–Kier alpha value is -2.80. The first-order valence-corrected chi connectivity index (χ1v) is 14.7. The van der Waals surface area contributed by atoms with Crippen LogP contribution < -0.4 is 14.9 Å². The molecular formula is C31H24Br2N2OS. The Morgan fingerprint density at radius 1 is 0.865 bits per heavy atom. The maximum Gasteiger partial charge on any atom is 0.271 e. The Morgan fingerprint density at radius 3 is 2.19 bits per heavy atom. The standard InChI is InChI=1S/C31H24Br2N2OS/c1-19-5-7-21(8-6-19)18-27-30(36)35-29(22-11-15-25(33)16-12-22)26-4-2-3-23(28(26)34-31(35)37-27)17-20-9-13-24(32)14-10-20/h5-18,29H,2-4H2,1H3/b23-17+,27-18+/t29-/m0/s1. The van der Waals surface area contributed by atoms with Gasteiger partial charge < -0.3 is 0 Å². The van der Waals surface area contributed by atoms with Crippen LogP contribution in [0.4, 0.5) is 0 Å². The summed E-state index contributed by atoms with van der Waals surface area (Å²) in [6.45, 7) is 2.07. The molecule has 6 rings (SSSR count). The maximum absolute atomic E-state index is 13.8. The largest absolute Gasteiger partial charge is 0.272 e. The molecule has 1 atom stereocenters. The van der Waals surface area contributed by atoms with Gasteiger partial charge in [0.15, 0.2) is 4.80 Å². The lowest BCUT2D eigenvalue weighted by Crippen LogP contribution is -2.39. The molecule has 1 aliphatic carbocycles. The molecule has 1 aliphatic heterocycles. The second-order valence-corrected chi connectivity index (χ2v) is 12.3. The van der Waals surface area contributed by atoms with E-state index in [2.05, 4.69) is 118 Å². The molecule has 2 heterocycles. The van der Waals surface area contributed by atoms with Crippen LogP contribution in [0, 0.1) is 6.92 Å². The third kappa shape index (κ3) is 4.90. The number of benzene rings is 3. The molecule has 0 fully saturated rings. The highest BCUT2D eigenvalue weighted by Crippen LogP contribution is 2.41. The zero-order chi connectivity index (χ0) is 25.5. The van der Waals surface area contributed by atoms with Crippen molar-refractivity contribution in [1.29, 1.82) is 0 Å². The Bertz CT molecular complexity index is 1730. The Kier molecular flexibility index (Phi) is 6.74. The molecule has 0 radical (unpaired) electrons. The molecule has 3 aromatic carbocycles. The zero-order valence-corrected chi connectivity index (χ0v) is 24.2. The summed E-state index contributed by atoms with van der Waals surface area (Å²) in [6.07, 6.45) is 7.19. The molecule has 0 saturated heterocycles. The van der Waals surface area contributed by atoms with Gasteiger partial charge in [-0.05, 0) is 90.4 Å². The molecule has 0 N–H and O–H groups in total. The van der Waals surface area contributed by atoms with E-state index in [9.17, 15) is 4.79 Å². The van der Waals surface area contributed by atoms with Crippen LogP contribution in [0.15, 0.2) is 108 Å².